The van der Waals surface area contributed by atoms with Gasteiger partial charge in [0.15, 0.2) is 0 Å². The van der Waals surface area contributed by atoms with E-state index in [4.69, 9.17) is 14.2 Å². The first-order chi connectivity index (χ1) is 12.2. The zero-order valence-electron chi connectivity index (χ0n) is 16.8. The Morgan fingerprint density at radius 2 is 2.04 bits per heavy atom. The molecule has 1 aliphatic rings. The normalized spacial score (nSPS) is 19.3. The summed E-state index contributed by atoms with van der Waals surface area (Å²) >= 11 is 0. The SMILES string of the molecule is COC(c1cnccc1OC(C)C)C1CCCCN1C(=O)OC(C)(C)C. The number of piperidine rings is 1. The van der Waals surface area contributed by atoms with E-state index >= 15 is 0 Å². The van der Waals surface area contributed by atoms with Crippen molar-refractivity contribution in [1.29, 1.82) is 0 Å². The van der Waals surface area contributed by atoms with Gasteiger partial charge in [-0.3, -0.25) is 4.98 Å². The van der Waals surface area contributed by atoms with E-state index < -0.39 is 5.60 Å². The van der Waals surface area contributed by atoms with Crippen LogP contribution in [-0.4, -0.2) is 47.4 Å². The van der Waals surface area contributed by atoms with Gasteiger partial charge in [0.2, 0.25) is 0 Å². The molecule has 2 rings (SSSR count). The van der Waals surface area contributed by atoms with Gasteiger partial charge in [0.1, 0.15) is 17.5 Å². The Morgan fingerprint density at radius 3 is 2.65 bits per heavy atom. The maximum absolute atomic E-state index is 12.7. The van der Waals surface area contributed by atoms with E-state index in [0.717, 1.165) is 30.6 Å². The second-order valence-electron chi connectivity index (χ2n) is 7.97. The van der Waals surface area contributed by atoms with Gasteiger partial charge < -0.3 is 19.1 Å². The summed E-state index contributed by atoms with van der Waals surface area (Å²) < 4.78 is 17.4. The summed E-state index contributed by atoms with van der Waals surface area (Å²) in [4.78, 5) is 18.8. The molecule has 146 valence electrons. The fourth-order valence-electron chi connectivity index (χ4n) is 3.28. The van der Waals surface area contributed by atoms with Gasteiger partial charge in [0.05, 0.1) is 12.1 Å². The smallest absolute Gasteiger partial charge is 0.410 e. The second-order valence-corrected chi connectivity index (χ2v) is 7.97. The molecule has 2 heterocycles. The van der Waals surface area contributed by atoms with Gasteiger partial charge in [-0.05, 0) is 59.9 Å². The van der Waals surface area contributed by atoms with Crippen LogP contribution in [0.5, 0.6) is 5.75 Å². The van der Waals surface area contributed by atoms with Crippen LogP contribution in [0.15, 0.2) is 18.5 Å². The summed E-state index contributed by atoms with van der Waals surface area (Å²) in [6.07, 6.45) is 5.78. The fourth-order valence-corrected chi connectivity index (χ4v) is 3.28. The van der Waals surface area contributed by atoms with Crippen molar-refractivity contribution in [3.8, 4) is 5.75 Å². The molecule has 0 bridgehead atoms. The quantitative estimate of drug-likeness (QED) is 0.777. The number of aromatic nitrogens is 1. The number of nitrogens with zero attached hydrogens (tertiary/aromatic N) is 2. The molecule has 1 amide bonds. The zero-order valence-corrected chi connectivity index (χ0v) is 16.8. The molecule has 6 heteroatoms. The molecular formula is C20H32N2O4. The monoisotopic (exact) mass is 364 g/mol. The Hall–Kier alpha value is -1.82. The summed E-state index contributed by atoms with van der Waals surface area (Å²) in [5.74, 6) is 0.747. The van der Waals surface area contributed by atoms with Crippen LogP contribution >= 0.6 is 0 Å². The van der Waals surface area contributed by atoms with Crippen molar-refractivity contribution in [2.75, 3.05) is 13.7 Å². The van der Waals surface area contributed by atoms with Crippen LogP contribution in [-0.2, 0) is 9.47 Å². The number of hydrogen-bond donors (Lipinski definition) is 0. The largest absolute Gasteiger partial charge is 0.491 e. The third kappa shape index (κ3) is 5.34. The summed E-state index contributed by atoms with van der Waals surface area (Å²) in [6, 6.07) is 1.74. The summed E-state index contributed by atoms with van der Waals surface area (Å²) in [5, 5.41) is 0. The Kier molecular flexibility index (Phi) is 6.87. The Morgan fingerprint density at radius 1 is 1.31 bits per heavy atom. The van der Waals surface area contributed by atoms with E-state index in [1.807, 2.05) is 40.7 Å². The Labute approximate surface area is 156 Å². The van der Waals surface area contributed by atoms with Crippen molar-refractivity contribution < 1.29 is 19.0 Å². The van der Waals surface area contributed by atoms with Crippen LogP contribution in [0, 0.1) is 0 Å². The molecule has 1 aromatic rings. The highest BCUT2D eigenvalue weighted by Crippen LogP contribution is 2.36. The molecule has 1 fully saturated rings. The molecule has 0 radical (unpaired) electrons. The summed E-state index contributed by atoms with van der Waals surface area (Å²) in [7, 11) is 1.67. The maximum Gasteiger partial charge on any atom is 0.410 e. The van der Waals surface area contributed by atoms with E-state index in [1.54, 1.807) is 24.4 Å². The van der Waals surface area contributed by atoms with E-state index in [9.17, 15) is 4.79 Å². The number of amides is 1. The standard InChI is InChI=1S/C20H32N2O4/c1-14(2)25-17-10-11-21-13-15(17)18(24-6)16-9-7-8-12-22(16)19(23)26-20(3,4)5/h10-11,13-14,16,18H,7-9,12H2,1-6H3. The molecule has 1 saturated heterocycles. The number of rotatable bonds is 5. The highest BCUT2D eigenvalue weighted by molar-refractivity contribution is 5.69. The van der Waals surface area contributed by atoms with E-state index in [2.05, 4.69) is 4.98 Å². The van der Waals surface area contributed by atoms with E-state index in [-0.39, 0.29) is 24.3 Å². The average molecular weight is 364 g/mol. The predicted molar refractivity (Wildman–Crippen MR) is 100 cm³/mol. The number of methoxy groups -OCH3 is 1. The molecule has 0 saturated carbocycles. The first kappa shape index (κ1) is 20.5. The number of carbonyl (C=O) groups is 1. The van der Waals surface area contributed by atoms with Crippen LogP contribution < -0.4 is 4.74 Å². The molecule has 26 heavy (non-hydrogen) atoms. The van der Waals surface area contributed by atoms with E-state index in [1.165, 1.54) is 0 Å². The highest BCUT2D eigenvalue weighted by atomic mass is 16.6. The minimum absolute atomic E-state index is 0.0435. The fraction of sp³-hybridized carbons (Fsp3) is 0.700. The average Bonchev–Trinajstić information content (AvgIpc) is 2.55. The summed E-state index contributed by atoms with van der Waals surface area (Å²) in [5.41, 5.74) is 0.339. The Bertz CT molecular complexity index is 598. The van der Waals surface area contributed by atoms with Crippen LogP contribution in [0.4, 0.5) is 4.79 Å². The van der Waals surface area contributed by atoms with Gasteiger partial charge in [-0.25, -0.2) is 4.79 Å². The minimum atomic E-state index is -0.526. The lowest BCUT2D eigenvalue weighted by Crippen LogP contribution is -2.49. The zero-order chi connectivity index (χ0) is 19.3. The van der Waals surface area contributed by atoms with Crippen molar-refractivity contribution >= 4 is 6.09 Å². The Balaban J connectivity index is 2.30. The lowest BCUT2D eigenvalue weighted by Gasteiger charge is -2.40. The van der Waals surface area contributed by atoms with Crippen LogP contribution in [0.3, 0.4) is 0 Å². The number of hydrogen-bond acceptors (Lipinski definition) is 5. The summed E-state index contributed by atoms with van der Waals surface area (Å²) in [6.45, 7) is 10.3. The first-order valence-electron chi connectivity index (χ1n) is 9.36. The molecular weight excluding hydrogens is 332 g/mol. The topological polar surface area (TPSA) is 60.9 Å². The first-order valence-corrected chi connectivity index (χ1v) is 9.36. The van der Waals surface area contributed by atoms with E-state index in [0.29, 0.717) is 6.54 Å². The van der Waals surface area contributed by atoms with Gasteiger partial charge in [0.25, 0.3) is 0 Å². The van der Waals surface area contributed by atoms with Gasteiger partial charge in [-0.2, -0.15) is 0 Å². The molecule has 1 aliphatic heterocycles. The molecule has 0 aromatic carbocycles. The maximum atomic E-state index is 12.7. The molecule has 6 nitrogen and oxygen atoms in total. The molecule has 0 spiro atoms. The van der Waals surface area contributed by atoms with Gasteiger partial charge in [-0.1, -0.05) is 0 Å². The predicted octanol–water partition coefficient (Wildman–Crippen LogP) is 4.35. The van der Waals surface area contributed by atoms with Crippen molar-refractivity contribution in [1.82, 2.24) is 9.88 Å². The number of likely N-dealkylation sites (tertiary alicyclic amines) is 1. The van der Waals surface area contributed by atoms with Crippen molar-refractivity contribution in [3.63, 3.8) is 0 Å². The molecule has 2 atom stereocenters. The third-order valence-corrected chi connectivity index (χ3v) is 4.26. The third-order valence-electron chi connectivity index (χ3n) is 4.26. The van der Waals surface area contributed by atoms with Crippen LogP contribution in [0.25, 0.3) is 0 Å². The molecule has 2 unspecified atom stereocenters. The van der Waals surface area contributed by atoms with Gasteiger partial charge in [-0.15, -0.1) is 0 Å². The minimum Gasteiger partial charge on any atom is -0.491 e. The van der Waals surface area contributed by atoms with Crippen LogP contribution in [0.1, 0.15) is 65.5 Å². The molecule has 1 aromatic heterocycles. The van der Waals surface area contributed by atoms with Crippen molar-refractivity contribution in [3.05, 3.63) is 24.0 Å². The lowest BCUT2D eigenvalue weighted by atomic mass is 9.93. The number of ether oxygens (including phenoxy) is 3. The van der Waals surface area contributed by atoms with Crippen molar-refractivity contribution in [2.45, 2.75) is 77.7 Å². The number of carbonyl (C=O) groups excluding carboxylic acids is 1. The van der Waals surface area contributed by atoms with Gasteiger partial charge >= 0.3 is 6.09 Å². The molecule has 0 N–H and O–H groups in total. The van der Waals surface area contributed by atoms with Gasteiger partial charge in [0, 0.05) is 31.6 Å². The number of pyridine rings is 1. The second kappa shape index (κ2) is 8.71. The molecule has 0 aliphatic carbocycles. The lowest BCUT2D eigenvalue weighted by molar-refractivity contribution is -0.0301. The highest BCUT2D eigenvalue weighted by Gasteiger charge is 2.37. The van der Waals surface area contributed by atoms with Crippen molar-refractivity contribution in [2.24, 2.45) is 0 Å². The van der Waals surface area contributed by atoms with Crippen LogP contribution in [0.2, 0.25) is 0 Å².